The Balaban J connectivity index is 1.69. The molecule has 3 aromatic rings. The van der Waals surface area contributed by atoms with Crippen LogP contribution >= 0.6 is 22.7 Å². The Morgan fingerprint density at radius 2 is 2.04 bits per heavy atom. The Morgan fingerprint density at radius 3 is 2.80 bits per heavy atom. The molecule has 3 heterocycles. The van der Waals surface area contributed by atoms with Gasteiger partial charge >= 0.3 is 0 Å². The van der Waals surface area contributed by atoms with Gasteiger partial charge in [0.15, 0.2) is 9.84 Å². The SMILES string of the molecule is CCc1nnc(NC(=O)c2cc3c(s2)-c2ccccc2S(=O)(=O)C3)s1. The molecule has 0 bridgehead atoms. The summed E-state index contributed by atoms with van der Waals surface area (Å²) >= 11 is 2.63. The van der Waals surface area contributed by atoms with Crippen molar-refractivity contribution < 1.29 is 13.2 Å². The zero-order valence-electron chi connectivity index (χ0n) is 13.1. The standard InChI is InChI=1S/C16H13N3O3S3/c1-2-13-18-19-16(24-13)17-15(20)11-7-9-8-25(21,22)12-6-4-3-5-10(12)14(9)23-11/h3-7H,2,8H2,1H3,(H,17,19,20). The number of hydrogen-bond donors (Lipinski definition) is 1. The molecule has 2 aromatic heterocycles. The summed E-state index contributed by atoms with van der Waals surface area (Å²) in [5.41, 5.74) is 1.33. The number of sulfone groups is 1. The third-order valence-corrected chi connectivity index (χ3v) is 7.74. The maximum Gasteiger partial charge on any atom is 0.267 e. The third-order valence-electron chi connectivity index (χ3n) is 3.83. The second kappa shape index (κ2) is 6.01. The van der Waals surface area contributed by atoms with Gasteiger partial charge in [0, 0.05) is 10.4 Å². The predicted molar refractivity (Wildman–Crippen MR) is 97.9 cm³/mol. The van der Waals surface area contributed by atoms with Crippen molar-refractivity contribution in [3.63, 3.8) is 0 Å². The smallest absolute Gasteiger partial charge is 0.267 e. The summed E-state index contributed by atoms with van der Waals surface area (Å²) in [6, 6.07) is 8.56. The second-order valence-corrected chi connectivity index (χ2v) is 9.60. The quantitative estimate of drug-likeness (QED) is 0.739. The van der Waals surface area contributed by atoms with Crippen molar-refractivity contribution in [3.05, 3.63) is 45.8 Å². The number of anilines is 1. The van der Waals surface area contributed by atoms with Crippen molar-refractivity contribution in [2.24, 2.45) is 0 Å². The van der Waals surface area contributed by atoms with Gasteiger partial charge in [0.2, 0.25) is 5.13 Å². The van der Waals surface area contributed by atoms with E-state index in [1.165, 1.54) is 22.7 Å². The fourth-order valence-electron chi connectivity index (χ4n) is 2.69. The number of hydrogen-bond acceptors (Lipinski definition) is 7. The van der Waals surface area contributed by atoms with Crippen molar-refractivity contribution in [1.29, 1.82) is 0 Å². The van der Waals surface area contributed by atoms with E-state index < -0.39 is 9.84 Å². The van der Waals surface area contributed by atoms with E-state index in [1.54, 1.807) is 30.3 Å². The molecule has 1 amide bonds. The van der Waals surface area contributed by atoms with Gasteiger partial charge in [-0.3, -0.25) is 10.1 Å². The minimum Gasteiger partial charge on any atom is -0.296 e. The molecule has 9 heteroatoms. The molecular formula is C16H13N3O3S3. The van der Waals surface area contributed by atoms with Gasteiger partial charge in [0.25, 0.3) is 5.91 Å². The summed E-state index contributed by atoms with van der Waals surface area (Å²) in [5, 5.41) is 11.9. The van der Waals surface area contributed by atoms with Crippen LogP contribution in [-0.2, 0) is 22.0 Å². The van der Waals surface area contributed by atoms with Crippen molar-refractivity contribution in [2.75, 3.05) is 5.32 Å². The van der Waals surface area contributed by atoms with Crippen LogP contribution in [0.3, 0.4) is 0 Å². The molecule has 0 saturated carbocycles. The molecule has 1 N–H and O–H groups in total. The number of nitrogens with one attached hydrogen (secondary N) is 1. The van der Waals surface area contributed by atoms with Crippen LogP contribution in [0.25, 0.3) is 10.4 Å². The van der Waals surface area contributed by atoms with Gasteiger partial charge in [-0.05, 0) is 24.1 Å². The lowest BCUT2D eigenvalue weighted by Crippen LogP contribution is -2.11. The van der Waals surface area contributed by atoms with Crippen molar-refractivity contribution in [2.45, 2.75) is 24.0 Å². The molecule has 0 fully saturated rings. The number of carbonyl (C=O) groups is 1. The molecule has 0 spiro atoms. The number of thiophene rings is 1. The number of fused-ring (bicyclic) bond motifs is 3. The average Bonchev–Trinajstić information content (AvgIpc) is 3.21. The van der Waals surface area contributed by atoms with Crippen LogP contribution in [0.5, 0.6) is 0 Å². The van der Waals surface area contributed by atoms with Crippen molar-refractivity contribution in [3.8, 4) is 10.4 Å². The van der Waals surface area contributed by atoms with E-state index in [2.05, 4.69) is 15.5 Å². The first kappa shape index (κ1) is 16.4. The minimum absolute atomic E-state index is 0.0814. The molecule has 1 aliphatic rings. The summed E-state index contributed by atoms with van der Waals surface area (Å²) in [6.07, 6.45) is 0.759. The van der Waals surface area contributed by atoms with E-state index in [1.807, 2.05) is 6.92 Å². The van der Waals surface area contributed by atoms with E-state index in [9.17, 15) is 13.2 Å². The Morgan fingerprint density at radius 1 is 1.24 bits per heavy atom. The van der Waals surface area contributed by atoms with E-state index in [0.29, 0.717) is 26.0 Å². The first-order chi connectivity index (χ1) is 12.0. The highest BCUT2D eigenvalue weighted by atomic mass is 32.2. The highest BCUT2D eigenvalue weighted by Gasteiger charge is 2.30. The molecule has 128 valence electrons. The molecule has 0 radical (unpaired) electrons. The molecule has 0 saturated heterocycles. The Hall–Kier alpha value is -2.10. The fourth-order valence-corrected chi connectivity index (χ4v) is 6.22. The molecule has 4 rings (SSSR count). The Labute approximate surface area is 152 Å². The van der Waals surface area contributed by atoms with Crippen LogP contribution in [0, 0.1) is 0 Å². The van der Waals surface area contributed by atoms with E-state index >= 15 is 0 Å². The summed E-state index contributed by atoms with van der Waals surface area (Å²) < 4.78 is 24.9. The summed E-state index contributed by atoms with van der Waals surface area (Å²) in [5.74, 6) is -0.380. The number of carbonyl (C=O) groups excluding carboxylic acids is 1. The Kier molecular flexibility index (Phi) is 3.94. The van der Waals surface area contributed by atoms with Crippen LogP contribution in [0.15, 0.2) is 35.2 Å². The summed E-state index contributed by atoms with van der Waals surface area (Å²) in [7, 11) is -3.37. The van der Waals surface area contributed by atoms with Crippen LogP contribution in [0.1, 0.15) is 27.2 Å². The molecule has 0 unspecified atom stereocenters. The average molecular weight is 391 g/mol. The number of aromatic nitrogens is 2. The van der Waals surface area contributed by atoms with Crippen molar-refractivity contribution >= 4 is 43.5 Å². The predicted octanol–water partition coefficient (Wildman–Crippen LogP) is 3.37. The number of rotatable bonds is 3. The third kappa shape index (κ3) is 2.88. The van der Waals surface area contributed by atoms with Crippen LogP contribution in [0.4, 0.5) is 5.13 Å². The van der Waals surface area contributed by atoms with Gasteiger partial charge < -0.3 is 0 Å². The monoisotopic (exact) mass is 391 g/mol. The Bertz CT molecular complexity index is 1080. The minimum atomic E-state index is -3.37. The first-order valence-electron chi connectivity index (χ1n) is 7.56. The number of benzene rings is 1. The number of aryl methyl sites for hydroxylation is 1. The lowest BCUT2D eigenvalue weighted by Gasteiger charge is -2.15. The normalized spacial score (nSPS) is 14.6. The molecule has 0 atom stereocenters. The maximum atomic E-state index is 12.5. The molecule has 1 aromatic carbocycles. The number of amides is 1. The molecule has 6 nitrogen and oxygen atoms in total. The molecule has 1 aliphatic heterocycles. The van der Waals surface area contributed by atoms with Gasteiger partial charge in [-0.2, -0.15) is 0 Å². The highest BCUT2D eigenvalue weighted by molar-refractivity contribution is 7.91. The van der Waals surface area contributed by atoms with Crippen LogP contribution < -0.4 is 5.32 Å². The summed E-state index contributed by atoms with van der Waals surface area (Å²) in [4.78, 5) is 14.1. The van der Waals surface area contributed by atoms with Crippen LogP contribution in [0.2, 0.25) is 0 Å². The van der Waals surface area contributed by atoms with Gasteiger partial charge in [0.1, 0.15) is 5.01 Å². The largest absolute Gasteiger partial charge is 0.296 e. The van der Waals surface area contributed by atoms with E-state index in [0.717, 1.165) is 16.3 Å². The number of nitrogens with zero attached hydrogens (tertiary/aromatic N) is 2. The zero-order valence-corrected chi connectivity index (χ0v) is 15.6. The first-order valence-corrected chi connectivity index (χ1v) is 10.8. The lowest BCUT2D eigenvalue weighted by molar-refractivity contribution is 0.103. The lowest BCUT2D eigenvalue weighted by atomic mass is 10.1. The molecule has 25 heavy (non-hydrogen) atoms. The highest BCUT2D eigenvalue weighted by Crippen LogP contribution is 2.42. The van der Waals surface area contributed by atoms with E-state index in [-0.39, 0.29) is 11.7 Å². The van der Waals surface area contributed by atoms with E-state index in [4.69, 9.17) is 0 Å². The summed E-state index contributed by atoms with van der Waals surface area (Å²) in [6.45, 7) is 1.97. The van der Waals surface area contributed by atoms with Gasteiger partial charge in [-0.25, -0.2) is 8.42 Å². The van der Waals surface area contributed by atoms with Gasteiger partial charge in [-0.1, -0.05) is 36.5 Å². The van der Waals surface area contributed by atoms with Gasteiger partial charge in [-0.15, -0.1) is 21.5 Å². The molecule has 0 aliphatic carbocycles. The zero-order chi connectivity index (χ0) is 17.6. The second-order valence-electron chi connectivity index (χ2n) is 5.53. The van der Waals surface area contributed by atoms with Crippen molar-refractivity contribution in [1.82, 2.24) is 10.2 Å². The van der Waals surface area contributed by atoms with Gasteiger partial charge in [0.05, 0.1) is 15.5 Å². The molecular weight excluding hydrogens is 378 g/mol. The maximum absolute atomic E-state index is 12.5. The fraction of sp³-hybridized carbons (Fsp3) is 0.188. The van der Waals surface area contributed by atoms with Crippen LogP contribution in [-0.4, -0.2) is 24.5 Å². The topological polar surface area (TPSA) is 89.0 Å².